The number of hydrogen-bond donors (Lipinski definition) is 1. The Hall–Kier alpha value is -2.26. The number of fused-ring (bicyclic) bond motifs is 1. The van der Waals surface area contributed by atoms with Gasteiger partial charge in [0.15, 0.2) is 0 Å². The van der Waals surface area contributed by atoms with Crippen LogP contribution in [0.3, 0.4) is 0 Å². The number of nitrogens with zero attached hydrogens (tertiary/aromatic N) is 1. The molecule has 1 aromatic heterocycles. The number of benzene rings is 2. The zero-order valence-corrected chi connectivity index (χ0v) is 14.2. The van der Waals surface area contributed by atoms with E-state index in [1.165, 1.54) is 0 Å². The molecule has 4 heteroatoms. The van der Waals surface area contributed by atoms with E-state index in [1.54, 1.807) is 4.90 Å². The molecular formula is C19H19ClN2O. The fraction of sp³-hybridized carbons (Fsp3) is 0.211. The van der Waals surface area contributed by atoms with E-state index in [2.05, 4.69) is 4.98 Å². The molecule has 0 bridgehead atoms. The lowest BCUT2D eigenvalue weighted by Gasteiger charge is -2.29. The number of likely N-dealkylation sites (N-methyl/N-ethyl adjacent to an activating group) is 1. The van der Waals surface area contributed by atoms with Gasteiger partial charge in [-0.25, -0.2) is 0 Å². The second-order valence-corrected chi connectivity index (χ2v) is 6.65. The van der Waals surface area contributed by atoms with Crippen LogP contribution < -0.4 is 4.90 Å². The van der Waals surface area contributed by atoms with Gasteiger partial charge in [0.2, 0.25) is 5.91 Å². The molecule has 0 saturated carbocycles. The fourth-order valence-corrected chi connectivity index (χ4v) is 3.09. The Morgan fingerprint density at radius 1 is 1.13 bits per heavy atom. The highest BCUT2D eigenvalue weighted by Gasteiger charge is 2.35. The van der Waals surface area contributed by atoms with Crippen LogP contribution in [-0.2, 0) is 10.2 Å². The Kier molecular flexibility index (Phi) is 3.90. The van der Waals surface area contributed by atoms with Crippen LogP contribution >= 0.6 is 11.6 Å². The molecule has 0 atom stereocenters. The van der Waals surface area contributed by atoms with Crippen molar-refractivity contribution in [3.05, 3.63) is 65.3 Å². The number of aromatic nitrogens is 1. The Labute approximate surface area is 140 Å². The first-order chi connectivity index (χ1) is 10.9. The fourth-order valence-electron chi connectivity index (χ4n) is 2.92. The molecule has 1 amide bonds. The van der Waals surface area contributed by atoms with Crippen molar-refractivity contribution in [3.63, 3.8) is 0 Å². The lowest BCUT2D eigenvalue weighted by Crippen LogP contribution is -2.41. The number of hydrogen-bond acceptors (Lipinski definition) is 1. The molecule has 0 aliphatic rings. The van der Waals surface area contributed by atoms with Crippen LogP contribution in [-0.4, -0.2) is 17.9 Å². The van der Waals surface area contributed by atoms with Crippen molar-refractivity contribution in [2.45, 2.75) is 19.3 Å². The molecule has 0 unspecified atom stereocenters. The van der Waals surface area contributed by atoms with Crippen molar-refractivity contribution < 1.29 is 4.79 Å². The standard InChI is InChI=1S/C19H19ClN2O/c1-19(2,18(23)22(3)14-7-5-4-6-8-14)16-12-21-17-11-13(20)9-10-15(16)17/h4-12,21H,1-3H3. The van der Waals surface area contributed by atoms with Gasteiger partial charge in [-0.1, -0.05) is 35.9 Å². The molecule has 0 saturated heterocycles. The Balaban J connectivity index is 2.01. The van der Waals surface area contributed by atoms with Gasteiger partial charge in [-0.3, -0.25) is 4.79 Å². The molecule has 0 spiro atoms. The van der Waals surface area contributed by atoms with Crippen LogP contribution in [0.2, 0.25) is 5.02 Å². The van der Waals surface area contributed by atoms with Crippen molar-refractivity contribution in [2.24, 2.45) is 0 Å². The van der Waals surface area contributed by atoms with E-state index in [4.69, 9.17) is 11.6 Å². The number of rotatable bonds is 3. The van der Waals surface area contributed by atoms with Crippen LogP contribution in [0.1, 0.15) is 19.4 Å². The Morgan fingerprint density at radius 2 is 1.83 bits per heavy atom. The van der Waals surface area contributed by atoms with Crippen LogP contribution in [0, 0.1) is 0 Å². The third-order valence-corrected chi connectivity index (χ3v) is 4.54. The van der Waals surface area contributed by atoms with Gasteiger partial charge in [0.1, 0.15) is 0 Å². The molecule has 0 aliphatic carbocycles. The minimum Gasteiger partial charge on any atom is -0.361 e. The van der Waals surface area contributed by atoms with Gasteiger partial charge in [-0.05, 0) is 43.7 Å². The largest absolute Gasteiger partial charge is 0.361 e. The second kappa shape index (κ2) is 5.74. The van der Waals surface area contributed by atoms with Crippen molar-refractivity contribution in [2.75, 3.05) is 11.9 Å². The first-order valence-electron chi connectivity index (χ1n) is 7.51. The van der Waals surface area contributed by atoms with Gasteiger partial charge in [0.05, 0.1) is 5.41 Å². The van der Waals surface area contributed by atoms with Gasteiger partial charge >= 0.3 is 0 Å². The van der Waals surface area contributed by atoms with Crippen LogP contribution in [0.25, 0.3) is 10.9 Å². The average molecular weight is 327 g/mol. The second-order valence-electron chi connectivity index (χ2n) is 6.22. The van der Waals surface area contributed by atoms with Crippen molar-refractivity contribution in [1.82, 2.24) is 4.98 Å². The summed E-state index contributed by atoms with van der Waals surface area (Å²) in [6.45, 7) is 3.90. The molecule has 1 N–H and O–H groups in total. The quantitative estimate of drug-likeness (QED) is 0.740. The van der Waals surface area contributed by atoms with Gasteiger partial charge in [0, 0.05) is 34.9 Å². The van der Waals surface area contributed by atoms with E-state index in [0.29, 0.717) is 5.02 Å². The third kappa shape index (κ3) is 2.73. The zero-order chi connectivity index (χ0) is 16.6. The number of nitrogens with one attached hydrogen (secondary N) is 1. The highest BCUT2D eigenvalue weighted by Crippen LogP contribution is 2.33. The van der Waals surface area contributed by atoms with Crippen LogP contribution in [0.15, 0.2) is 54.7 Å². The SMILES string of the molecule is CN(C(=O)C(C)(C)c1c[nH]c2cc(Cl)ccc12)c1ccccc1. The Bertz CT molecular complexity index is 852. The number of H-pyrrole nitrogens is 1. The summed E-state index contributed by atoms with van der Waals surface area (Å²) >= 11 is 6.04. The van der Waals surface area contributed by atoms with Crippen molar-refractivity contribution >= 4 is 34.1 Å². The maximum Gasteiger partial charge on any atom is 0.236 e. The van der Waals surface area contributed by atoms with Gasteiger partial charge in [-0.2, -0.15) is 0 Å². The summed E-state index contributed by atoms with van der Waals surface area (Å²) in [6, 6.07) is 15.4. The maximum atomic E-state index is 13.1. The molecule has 23 heavy (non-hydrogen) atoms. The summed E-state index contributed by atoms with van der Waals surface area (Å²) in [6.07, 6.45) is 1.90. The molecule has 3 rings (SSSR count). The van der Waals surface area contributed by atoms with E-state index < -0.39 is 5.41 Å². The summed E-state index contributed by atoms with van der Waals surface area (Å²) in [4.78, 5) is 18.0. The lowest BCUT2D eigenvalue weighted by molar-refractivity contribution is -0.122. The summed E-state index contributed by atoms with van der Waals surface area (Å²) in [5, 5.41) is 1.70. The van der Waals surface area contributed by atoms with Crippen LogP contribution in [0.4, 0.5) is 5.69 Å². The monoisotopic (exact) mass is 326 g/mol. The number of carbonyl (C=O) groups is 1. The smallest absolute Gasteiger partial charge is 0.236 e. The Morgan fingerprint density at radius 3 is 2.52 bits per heavy atom. The van der Waals surface area contributed by atoms with E-state index in [1.807, 2.05) is 75.6 Å². The van der Waals surface area contributed by atoms with E-state index >= 15 is 0 Å². The summed E-state index contributed by atoms with van der Waals surface area (Å²) < 4.78 is 0. The molecule has 1 heterocycles. The number of aromatic amines is 1. The maximum absolute atomic E-state index is 13.1. The summed E-state index contributed by atoms with van der Waals surface area (Å²) in [5.41, 5.74) is 2.14. The normalized spacial score (nSPS) is 11.7. The van der Waals surface area contributed by atoms with E-state index in [-0.39, 0.29) is 5.91 Å². The highest BCUT2D eigenvalue weighted by atomic mass is 35.5. The molecule has 0 fully saturated rings. The zero-order valence-electron chi connectivity index (χ0n) is 13.4. The minimum absolute atomic E-state index is 0.0413. The van der Waals surface area contributed by atoms with E-state index in [9.17, 15) is 4.79 Å². The summed E-state index contributed by atoms with van der Waals surface area (Å²) in [5.74, 6) is 0.0413. The molecular weight excluding hydrogens is 308 g/mol. The van der Waals surface area contributed by atoms with E-state index in [0.717, 1.165) is 22.2 Å². The predicted molar refractivity (Wildman–Crippen MR) is 96.2 cm³/mol. The number of carbonyl (C=O) groups excluding carboxylic acids is 1. The van der Waals surface area contributed by atoms with Crippen molar-refractivity contribution in [1.29, 1.82) is 0 Å². The molecule has 0 aliphatic heterocycles. The number of para-hydroxylation sites is 1. The topological polar surface area (TPSA) is 36.1 Å². The first kappa shape index (κ1) is 15.6. The third-order valence-electron chi connectivity index (χ3n) is 4.30. The predicted octanol–water partition coefficient (Wildman–Crippen LogP) is 4.76. The molecule has 3 aromatic rings. The van der Waals surface area contributed by atoms with Gasteiger partial charge in [0.25, 0.3) is 0 Å². The summed E-state index contributed by atoms with van der Waals surface area (Å²) in [7, 11) is 1.81. The molecule has 118 valence electrons. The highest BCUT2D eigenvalue weighted by molar-refractivity contribution is 6.31. The molecule has 3 nitrogen and oxygen atoms in total. The minimum atomic E-state index is -0.656. The number of amides is 1. The van der Waals surface area contributed by atoms with Crippen LogP contribution in [0.5, 0.6) is 0 Å². The first-order valence-corrected chi connectivity index (χ1v) is 7.89. The average Bonchev–Trinajstić information content (AvgIpc) is 2.97. The number of halogens is 1. The van der Waals surface area contributed by atoms with Gasteiger partial charge < -0.3 is 9.88 Å². The molecule has 0 radical (unpaired) electrons. The van der Waals surface area contributed by atoms with Gasteiger partial charge in [-0.15, -0.1) is 0 Å². The molecule has 2 aromatic carbocycles. The lowest BCUT2D eigenvalue weighted by atomic mass is 9.83. The number of anilines is 1. The van der Waals surface area contributed by atoms with Crippen molar-refractivity contribution in [3.8, 4) is 0 Å².